The van der Waals surface area contributed by atoms with E-state index in [1.807, 2.05) is 32.3 Å². The number of nitrogens with zero attached hydrogens (tertiary/aromatic N) is 2. The monoisotopic (exact) mass is 260 g/mol. The van der Waals surface area contributed by atoms with Crippen molar-refractivity contribution in [1.29, 1.82) is 0 Å². The Kier molecular flexibility index (Phi) is 3.79. The number of hydrogen-bond acceptors (Lipinski definition) is 4. The Bertz CT molecular complexity index is 628. The van der Waals surface area contributed by atoms with Gasteiger partial charge >= 0.3 is 5.63 Å². The predicted octanol–water partition coefficient (Wildman–Crippen LogP) is 2.71. The number of hydrogen-bond donors (Lipinski definition) is 0. The third kappa shape index (κ3) is 2.57. The van der Waals surface area contributed by atoms with Crippen LogP contribution in [-0.2, 0) is 0 Å². The minimum absolute atomic E-state index is 0.297. The molecule has 1 aromatic heterocycles. The van der Waals surface area contributed by atoms with Crippen molar-refractivity contribution in [1.82, 2.24) is 0 Å². The number of rotatable bonds is 4. The van der Waals surface area contributed by atoms with E-state index in [1.165, 1.54) is 0 Å². The first-order valence-corrected chi connectivity index (χ1v) is 6.57. The summed E-state index contributed by atoms with van der Waals surface area (Å²) in [6, 6.07) is 7.87. The van der Waals surface area contributed by atoms with Crippen molar-refractivity contribution in [2.24, 2.45) is 0 Å². The molecule has 0 saturated carbocycles. The lowest BCUT2D eigenvalue weighted by Gasteiger charge is -2.21. The van der Waals surface area contributed by atoms with Gasteiger partial charge in [-0.15, -0.1) is 0 Å². The first-order chi connectivity index (χ1) is 9.06. The van der Waals surface area contributed by atoms with E-state index in [0.29, 0.717) is 11.3 Å². The van der Waals surface area contributed by atoms with Crippen molar-refractivity contribution in [3.63, 3.8) is 0 Å². The van der Waals surface area contributed by atoms with Crippen LogP contribution in [0, 0.1) is 0 Å². The summed E-state index contributed by atoms with van der Waals surface area (Å²) in [5, 5.41) is 0.944. The van der Waals surface area contributed by atoms with Gasteiger partial charge in [-0.2, -0.15) is 0 Å². The lowest BCUT2D eigenvalue weighted by atomic mass is 10.2. The Morgan fingerprint density at radius 2 is 1.79 bits per heavy atom. The molecule has 0 radical (unpaired) electrons. The first-order valence-electron chi connectivity index (χ1n) is 6.57. The summed E-state index contributed by atoms with van der Waals surface area (Å²) in [4.78, 5) is 15.9. The molecule has 0 aliphatic carbocycles. The van der Waals surface area contributed by atoms with E-state index in [2.05, 4.69) is 24.8 Å². The Hall–Kier alpha value is -1.97. The van der Waals surface area contributed by atoms with Gasteiger partial charge in [-0.3, -0.25) is 0 Å². The molecular formula is C15H20N2O2. The molecule has 0 aliphatic heterocycles. The van der Waals surface area contributed by atoms with Gasteiger partial charge in [0.15, 0.2) is 0 Å². The second-order valence-corrected chi connectivity index (χ2v) is 4.71. The van der Waals surface area contributed by atoms with Gasteiger partial charge in [0.1, 0.15) is 11.3 Å². The zero-order valence-corrected chi connectivity index (χ0v) is 11.9. The number of anilines is 2. The van der Waals surface area contributed by atoms with E-state index in [-0.39, 0.29) is 5.63 Å². The summed E-state index contributed by atoms with van der Waals surface area (Å²) in [6.45, 7) is 6.09. The van der Waals surface area contributed by atoms with Crippen LogP contribution in [0.4, 0.5) is 11.4 Å². The number of benzene rings is 1. The third-order valence-electron chi connectivity index (χ3n) is 3.31. The highest BCUT2D eigenvalue weighted by molar-refractivity contribution is 5.83. The summed E-state index contributed by atoms with van der Waals surface area (Å²) < 4.78 is 5.41. The van der Waals surface area contributed by atoms with E-state index >= 15 is 0 Å². The van der Waals surface area contributed by atoms with Crippen LogP contribution in [-0.4, -0.2) is 27.2 Å². The zero-order valence-electron chi connectivity index (χ0n) is 11.9. The minimum Gasteiger partial charge on any atom is -0.421 e. The largest absolute Gasteiger partial charge is 0.421 e. The van der Waals surface area contributed by atoms with Gasteiger partial charge in [0, 0.05) is 44.3 Å². The molecule has 0 aliphatic rings. The summed E-state index contributed by atoms with van der Waals surface area (Å²) in [7, 11) is 3.67. The molecular weight excluding hydrogens is 240 g/mol. The standard InChI is InChI=1S/C15H20N2O2/c1-5-17(6-2)12-8-7-11-9-13(16(3)4)15(18)19-14(11)10-12/h7-10H,5-6H2,1-4H3. The molecule has 19 heavy (non-hydrogen) atoms. The third-order valence-corrected chi connectivity index (χ3v) is 3.31. The maximum Gasteiger partial charge on any atom is 0.360 e. The van der Waals surface area contributed by atoms with E-state index in [1.54, 1.807) is 4.90 Å². The smallest absolute Gasteiger partial charge is 0.360 e. The van der Waals surface area contributed by atoms with Crippen molar-refractivity contribution < 1.29 is 4.42 Å². The maximum absolute atomic E-state index is 11.9. The van der Waals surface area contributed by atoms with E-state index < -0.39 is 0 Å². The predicted molar refractivity (Wildman–Crippen MR) is 80.4 cm³/mol. The Labute approximate surface area is 113 Å². The van der Waals surface area contributed by atoms with Crippen LogP contribution in [0.2, 0.25) is 0 Å². The molecule has 4 heteroatoms. The summed E-state index contributed by atoms with van der Waals surface area (Å²) >= 11 is 0. The molecule has 1 heterocycles. The lowest BCUT2D eigenvalue weighted by Crippen LogP contribution is -2.21. The van der Waals surface area contributed by atoms with Gasteiger partial charge in [-0.25, -0.2) is 4.79 Å². The van der Waals surface area contributed by atoms with E-state index in [0.717, 1.165) is 24.2 Å². The molecule has 0 amide bonds. The molecule has 1 aromatic carbocycles. The highest BCUT2D eigenvalue weighted by Gasteiger charge is 2.09. The van der Waals surface area contributed by atoms with Crippen LogP contribution >= 0.6 is 0 Å². The van der Waals surface area contributed by atoms with Crippen LogP contribution in [0.1, 0.15) is 13.8 Å². The molecule has 2 rings (SSSR count). The van der Waals surface area contributed by atoms with Gasteiger partial charge in [0.25, 0.3) is 0 Å². The molecule has 0 saturated heterocycles. The molecule has 0 fully saturated rings. The molecule has 0 atom stereocenters. The molecule has 0 N–H and O–H groups in total. The van der Waals surface area contributed by atoms with Gasteiger partial charge in [-0.1, -0.05) is 0 Å². The Balaban J connectivity index is 2.56. The molecule has 0 bridgehead atoms. The quantitative estimate of drug-likeness (QED) is 0.792. The SMILES string of the molecule is CCN(CC)c1ccc2cc(N(C)C)c(=O)oc2c1. The van der Waals surface area contributed by atoms with Gasteiger partial charge in [0.2, 0.25) is 0 Å². The Morgan fingerprint density at radius 3 is 2.37 bits per heavy atom. The van der Waals surface area contributed by atoms with Crippen LogP contribution in [0.25, 0.3) is 11.0 Å². The lowest BCUT2D eigenvalue weighted by molar-refractivity contribution is 0.560. The zero-order chi connectivity index (χ0) is 14.0. The second kappa shape index (κ2) is 5.34. The molecule has 0 unspecified atom stereocenters. The van der Waals surface area contributed by atoms with E-state index in [9.17, 15) is 4.79 Å². The molecule has 0 spiro atoms. The number of fused-ring (bicyclic) bond motifs is 1. The summed E-state index contributed by atoms with van der Waals surface area (Å²) in [5.74, 6) is 0. The van der Waals surface area contributed by atoms with Crippen molar-refractivity contribution in [3.8, 4) is 0 Å². The topological polar surface area (TPSA) is 36.7 Å². The fourth-order valence-electron chi connectivity index (χ4n) is 2.19. The van der Waals surface area contributed by atoms with Crippen LogP contribution in [0.3, 0.4) is 0 Å². The summed E-state index contributed by atoms with van der Waals surface area (Å²) in [6.07, 6.45) is 0. The average molecular weight is 260 g/mol. The maximum atomic E-state index is 11.9. The van der Waals surface area contributed by atoms with Gasteiger partial charge in [-0.05, 0) is 32.0 Å². The van der Waals surface area contributed by atoms with E-state index in [4.69, 9.17) is 4.42 Å². The first kappa shape index (κ1) is 13.5. The van der Waals surface area contributed by atoms with Crippen molar-refractivity contribution in [3.05, 3.63) is 34.7 Å². The highest BCUT2D eigenvalue weighted by Crippen LogP contribution is 2.23. The minimum atomic E-state index is -0.297. The van der Waals surface area contributed by atoms with Crippen LogP contribution < -0.4 is 15.4 Å². The molecule has 102 valence electrons. The fraction of sp³-hybridized carbons (Fsp3) is 0.400. The fourth-order valence-corrected chi connectivity index (χ4v) is 2.19. The second-order valence-electron chi connectivity index (χ2n) is 4.71. The van der Waals surface area contributed by atoms with Gasteiger partial charge < -0.3 is 14.2 Å². The van der Waals surface area contributed by atoms with Crippen molar-refractivity contribution >= 4 is 22.3 Å². The summed E-state index contributed by atoms with van der Waals surface area (Å²) in [5.41, 5.74) is 2.00. The normalized spacial score (nSPS) is 10.7. The Morgan fingerprint density at radius 1 is 1.11 bits per heavy atom. The van der Waals surface area contributed by atoms with Gasteiger partial charge in [0.05, 0.1) is 0 Å². The van der Waals surface area contributed by atoms with Crippen molar-refractivity contribution in [2.45, 2.75) is 13.8 Å². The van der Waals surface area contributed by atoms with Crippen molar-refractivity contribution in [2.75, 3.05) is 37.0 Å². The molecule has 2 aromatic rings. The average Bonchev–Trinajstić information content (AvgIpc) is 2.38. The van der Waals surface area contributed by atoms with Crippen LogP contribution in [0.5, 0.6) is 0 Å². The van der Waals surface area contributed by atoms with Crippen LogP contribution in [0.15, 0.2) is 33.5 Å². The molecule has 4 nitrogen and oxygen atoms in total. The highest BCUT2D eigenvalue weighted by atomic mass is 16.4.